The highest BCUT2D eigenvalue weighted by molar-refractivity contribution is 5.95. The molecule has 4 N–H and O–H groups in total. The molecule has 1 rings (SSSR count). The van der Waals surface area contributed by atoms with Crippen LogP contribution in [0.15, 0.2) is 18.2 Å². The fourth-order valence-corrected chi connectivity index (χ4v) is 1.39. The fraction of sp³-hybridized carbons (Fsp3) is 0.417. The maximum Gasteiger partial charge on any atom is 0.251 e. The standard InChI is InChI=1S/C12H19N3O/c1-8-4-5-10(12(16)14-3)6-11(8)15-9(2)7-13/h4-6,9,15H,7,13H2,1-3H3,(H,14,16). The summed E-state index contributed by atoms with van der Waals surface area (Å²) in [6.07, 6.45) is 0. The first-order chi connectivity index (χ1) is 7.58. The molecular formula is C12H19N3O. The van der Waals surface area contributed by atoms with Crippen molar-refractivity contribution in [2.75, 3.05) is 18.9 Å². The Kier molecular flexibility index (Phi) is 4.31. The lowest BCUT2D eigenvalue weighted by Crippen LogP contribution is -2.26. The van der Waals surface area contributed by atoms with Crippen LogP contribution in [-0.2, 0) is 0 Å². The number of benzene rings is 1. The largest absolute Gasteiger partial charge is 0.381 e. The Hall–Kier alpha value is -1.55. The second-order valence-corrected chi connectivity index (χ2v) is 3.89. The molecule has 88 valence electrons. The van der Waals surface area contributed by atoms with Crippen LogP contribution in [0.2, 0.25) is 0 Å². The third kappa shape index (κ3) is 2.97. The van der Waals surface area contributed by atoms with Gasteiger partial charge in [0.05, 0.1) is 0 Å². The summed E-state index contributed by atoms with van der Waals surface area (Å²) in [5, 5.41) is 5.88. The lowest BCUT2D eigenvalue weighted by molar-refractivity contribution is 0.0963. The quantitative estimate of drug-likeness (QED) is 0.713. The van der Waals surface area contributed by atoms with Crippen LogP contribution in [-0.4, -0.2) is 25.5 Å². The van der Waals surface area contributed by atoms with Gasteiger partial charge in [-0.1, -0.05) is 6.07 Å². The van der Waals surface area contributed by atoms with Gasteiger partial charge in [0.25, 0.3) is 5.91 Å². The summed E-state index contributed by atoms with van der Waals surface area (Å²) in [5.41, 5.74) is 8.27. The molecule has 1 amide bonds. The molecule has 1 aromatic carbocycles. The average molecular weight is 221 g/mol. The number of amides is 1. The summed E-state index contributed by atoms with van der Waals surface area (Å²) >= 11 is 0. The number of carbonyl (C=O) groups is 1. The van der Waals surface area contributed by atoms with E-state index in [9.17, 15) is 4.79 Å². The molecule has 1 aromatic rings. The molecule has 0 saturated carbocycles. The number of nitrogens with two attached hydrogens (primary N) is 1. The molecule has 0 fully saturated rings. The van der Waals surface area contributed by atoms with E-state index in [2.05, 4.69) is 10.6 Å². The van der Waals surface area contributed by atoms with Crippen molar-refractivity contribution in [3.05, 3.63) is 29.3 Å². The van der Waals surface area contributed by atoms with Crippen LogP contribution in [0.1, 0.15) is 22.8 Å². The molecule has 0 heterocycles. The minimum Gasteiger partial charge on any atom is -0.381 e. The summed E-state index contributed by atoms with van der Waals surface area (Å²) in [5.74, 6) is -0.0801. The van der Waals surface area contributed by atoms with Gasteiger partial charge in [-0.2, -0.15) is 0 Å². The number of anilines is 1. The van der Waals surface area contributed by atoms with Gasteiger partial charge in [-0.05, 0) is 31.5 Å². The van der Waals surface area contributed by atoms with Crippen molar-refractivity contribution in [1.82, 2.24) is 5.32 Å². The number of hydrogen-bond donors (Lipinski definition) is 3. The van der Waals surface area contributed by atoms with E-state index in [0.717, 1.165) is 11.3 Å². The van der Waals surface area contributed by atoms with Crippen LogP contribution >= 0.6 is 0 Å². The molecule has 0 radical (unpaired) electrons. The first-order valence-electron chi connectivity index (χ1n) is 5.37. The average Bonchev–Trinajstić information content (AvgIpc) is 2.30. The number of hydrogen-bond acceptors (Lipinski definition) is 3. The number of rotatable bonds is 4. The summed E-state index contributed by atoms with van der Waals surface area (Å²) < 4.78 is 0. The van der Waals surface area contributed by atoms with Crippen molar-refractivity contribution in [2.45, 2.75) is 19.9 Å². The van der Waals surface area contributed by atoms with Crippen molar-refractivity contribution >= 4 is 11.6 Å². The second kappa shape index (κ2) is 5.51. The van der Waals surface area contributed by atoms with Gasteiger partial charge < -0.3 is 16.4 Å². The second-order valence-electron chi connectivity index (χ2n) is 3.89. The molecule has 0 saturated heterocycles. The summed E-state index contributed by atoms with van der Waals surface area (Å²) in [4.78, 5) is 11.5. The molecule has 16 heavy (non-hydrogen) atoms. The molecule has 0 bridgehead atoms. The van der Waals surface area contributed by atoms with E-state index in [4.69, 9.17) is 5.73 Å². The first kappa shape index (κ1) is 12.5. The molecule has 4 heteroatoms. The Morgan fingerprint density at radius 1 is 1.50 bits per heavy atom. The normalized spacial score (nSPS) is 12.0. The Balaban J connectivity index is 2.94. The van der Waals surface area contributed by atoms with Gasteiger partial charge in [0, 0.05) is 30.9 Å². The summed E-state index contributed by atoms with van der Waals surface area (Å²) in [6.45, 7) is 4.56. The fourth-order valence-electron chi connectivity index (χ4n) is 1.39. The zero-order valence-corrected chi connectivity index (χ0v) is 10.0. The van der Waals surface area contributed by atoms with E-state index in [1.165, 1.54) is 0 Å². The molecule has 0 aliphatic rings. The predicted molar refractivity (Wildman–Crippen MR) is 66.7 cm³/mol. The van der Waals surface area contributed by atoms with Crippen molar-refractivity contribution < 1.29 is 4.79 Å². The highest BCUT2D eigenvalue weighted by atomic mass is 16.1. The smallest absolute Gasteiger partial charge is 0.251 e. The van der Waals surface area contributed by atoms with Crippen LogP contribution in [0.25, 0.3) is 0 Å². The zero-order valence-electron chi connectivity index (χ0n) is 10.0. The molecular weight excluding hydrogens is 202 g/mol. The van der Waals surface area contributed by atoms with Crippen LogP contribution in [0, 0.1) is 6.92 Å². The lowest BCUT2D eigenvalue weighted by atomic mass is 10.1. The Labute approximate surface area is 96.2 Å². The zero-order chi connectivity index (χ0) is 12.1. The van der Waals surface area contributed by atoms with Gasteiger partial charge in [-0.15, -0.1) is 0 Å². The molecule has 0 aliphatic heterocycles. The van der Waals surface area contributed by atoms with Gasteiger partial charge in [-0.3, -0.25) is 4.79 Å². The molecule has 4 nitrogen and oxygen atoms in total. The molecule has 0 spiro atoms. The number of aryl methyl sites for hydroxylation is 1. The van der Waals surface area contributed by atoms with E-state index in [1.807, 2.05) is 32.0 Å². The van der Waals surface area contributed by atoms with Crippen LogP contribution < -0.4 is 16.4 Å². The number of carbonyl (C=O) groups excluding carboxylic acids is 1. The molecule has 1 atom stereocenters. The predicted octanol–water partition coefficient (Wildman–Crippen LogP) is 1.11. The highest BCUT2D eigenvalue weighted by Gasteiger charge is 2.07. The minimum atomic E-state index is -0.0801. The monoisotopic (exact) mass is 221 g/mol. The summed E-state index contributed by atoms with van der Waals surface area (Å²) in [7, 11) is 1.62. The maximum absolute atomic E-state index is 11.5. The van der Waals surface area contributed by atoms with Gasteiger partial charge >= 0.3 is 0 Å². The SMILES string of the molecule is CNC(=O)c1ccc(C)c(NC(C)CN)c1. The van der Waals surface area contributed by atoms with E-state index < -0.39 is 0 Å². The van der Waals surface area contributed by atoms with Gasteiger partial charge in [0.2, 0.25) is 0 Å². The molecule has 1 unspecified atom stereocenters. The Morgan fingerprint density at radius 3 is 2.75 bits per heavy atom. The highest BCUT2D eigenvalue weighted by Crippen LogP contribution is 2.17. The molecule has 0 aromatic heterocycles. The van der Waals surface area contributed by atoms with Crippen molar-refractivity contribution in [3.63, 3.8) is 0 Å². The van der Waals surface area contributed by atoms with Crippen molar-refractivity contribution in [3.8, 4) is 0 Å². The van der Waals surface area contributed by atoms with E-state index >= 15 is 0 Å². The van der Waals surface area contributed by atoms with Gasteiger partial charge in [0.15, 0.2) is 0 Å². The van der Waals surface area contributed by atoms with Gasteiger partial charge in [0.1, 0.15) is 0 Å². The van der Waals surface area contributed by atoms with Crippen LogP contribution in [0.5, 0.6) is 0 Å². The number of nitrogens with one attached hydrogen (secondary N) is 2. The lowest BCUT2D eigenvalue weighted by Gasteiger charge is -2.16. The minimum absolute atomic E-state index is 0.0801. The topological polar surface area (TPSA) is 67.2 Å². The van der Waals surface area contributed by atoms with E-state index in [-0.39, 0.29) is 11.9 Å². The van der Waals surface area contributed by atoms with Crippen molar-refractivity contribution in [1.29, 1.82) is 0 Å². The third-order valence-electron chi connectivity index (χ3n) is 2.48. The summed E-state index contributed by atoms with van der Waals surface area (Å²) in [6, 6.07) is 5.78. The van der Waals surface area contributed by atoms with E-state index in [0.29, 0.717) is 12.1 Å². The Morgan fingerprint density at radius 2 is 2.19 bits per heavy atom. The van der Waals surface area contributed by atoms with Crippen molar-refractivity contribution in [2.24, 2.45) is 5.73 Å². The first-order valence-corrected chi connectivity index (χ1v) is 5.37. The maximum atomic E-state index is 11.5. The Bertz CT molecular complexity index is 377. The third-order valence-corrected chi connectivity index (χ3v) is 2.48. The van der Waals surface area contributed by atoms with Gasteiger partial charge in [-0.25, -0.2) is 0 Å². The molecule has 0 aliphatic carbocycles. The van der Waals surface area contributed by atoms with Crippen LogP contribution in [0.3, 0.4) is 0 Å². The van der Waals surface area contributed by atoms with Crippen LogP contribution in [0.4, 0.5) is 5.69 Å². The van der Waals surface area contributed by atoms with E-state index in [1.54, 1.807) is 7.05 Å².